The Labute approximate surface area is 199 Å². The standard InChI is InChI=1S/C13H9.C9H7.C3H7.2ClH.Zr/c1-3-7-12-10(5-1)9-11-6-2-4-8-13(11)12;1-2-5-9-7-3-6-8(9)4-1;1-3-2;;;/h1-9H;1-7H;3H,1-2H3;2*1H;/q3*-1;;;+2/p-2. The van der Waals surface area contributed by atoms with Crippen molar-refractivity contribution in [3.05, 3.63) is 103 Å². The molecule has 5 aromatic carbocycles. The molecule has 28 heavy (non-hydrogen) atoms. The maximum absolute atomic E-state index is 2.24. The molecule has 0 saturated heterocycles. The van der Waals surface area contributed by atoms with Crippen LogP contribution in [0.25, 0.3) is 32.3 Å². The van der Waals surface area contributed by atoms with Gasteiger partial charge in [0.25, 0.3) is 0 Å². The van der Waals surface area contributed by atoms with Gasteiger partial charge in [0, 0.05) is 0 Å². The Kier molecular flexibility index (Phi) is 13.0. The minimum atomic E-state index is 0. The number of hydrogen-bond acceptors (Lipinski definition) is 0. The van der Waals surface area contributed by atoms with E-state index in [1.807, 2.05) is 20.3 Å². The third-order valence-corrected chi connectivity index (χ3v) is 4.07. The fourth-order valence-corrected chi connectivity index (χ4v) is 2.97. The minimum absolute atomic E-state index is 0. The van der Waals surface area contributed by atoms with E-state index in [1.54, 1.807) is 0 Å². The minimum Gasteiger partial charge on any atom is -1.00 e. The second kappa shape index (κ2) is 13.7. The molecule has 0 bridgehead atoms. The van der Waals surface area contributed by atoms with Crippen LogP contribution in [0.2, 0.25) is 0 Å². The molecule has 0 atom stereocenters. The van der Waals surface area contributed by atoms with Crippen molar-refractivity contribution in [3.8, 4) is 0 Å². The first-order valence-corrected chi connectivity index (χ1v) is 8.71. The molecular formula is C25H23Cl2Zr-3. The average Bonchev–Trinajstić information content (AvgIpc) is 3.27. The van der Waals surface area contributed by atoms with Crippen LogP contribution in [0, 0.1) is 6.42 Å². The summed E-state index contributed by atoms with van der Waals surface area (Å²) in [5.41, 5.74) is 0. The van der Waals surface area contributed by atoms with Gasteiger partial charge in [0.2, 0.25) is 0 Å². The molecule has 0 aliphatic rings. The molecule has 0 aliphatic heterocycles. The molecule has 0 unspecified atom stereocenters. The summed E-state index contributed by atoms with van der Waals surface area (Å²) in [6.07, 6.45) is 2.00. The zero-order valence-electron chi connectivity index (χ0n) is 16.1. The summed E-state index contributed by atoms with van der Waals surface area (Å²) in [6.45, 7) is 4.00. The van der Waals surface area contributed by atoms with E-state index in [0.717, 1.165) is 0 Å². The molecule has 0 aromatic heterocycles. The molecule has 3 heteroatoms. The Morgan fingerprint density at radius 1 is 0.607 bits per heavy atom. The fourth-order valence-electron chi connectivity index (χ4n) is 2.97. The van der Waals surface area contributed by atoms with E-state index < -0.39 is 0 Å². The van der Waals surface area contributed by atoms with Crippen molar-refractivity contribution in [3.63, 3.8) is 0 Å². The maximum Gasteiger partial charge on any atom is 2.00 e. The smallest absolute Gasteiger partial charge is 1.00 e. The molecule has 0 aliphatic carbocycles. The normalized spacial score (nSPS) is 9.07. The van der Waals surface area contributed by atoms with Crippen LogP contribution in [0.1, 0.15) is 13.8 Å². The van der Waals surface area contributed by atoms with Gasteiger partial charge in [-0.1, -0.05) is 42.5 Å². The van der Waals surface area contributed by atoms with Crippen molar-refractivity contribution < 1.29 is 51.0 Å². The van der Waals surface area contributed by atoms with Crippen LogP contribution in [-0.2, 0) is 26.2 Å². The van der Waals surface area contributed by atoms with E-state index in [-0.39, 0.29) is 51.0 Å². The first kappa shape index (κ1) is 26.6. The first-order chi connectivity index (χ1) is 12.3. The topological polar surface area (TPSA) is 0 Å². The molecule has 0 spiro atoms. The molecule has 0 N–H and O–H groups in total. The van der Waals surface area contributed by atoms with Crippen molar-refractivity contribution in [1.29, 1.82) is 0 Å². The van der Waals surface area contributed by atoms with Gasteiger partial charge < -0.3 is 31.2 Å². The molecule has 0 saturated carbocycles. The van der Waals surface area contributed by atoms with Crippen LogP contribution in [0.4, 0.5) is 0 Å². The van der Waals surface area contributed by atoms with E-state index in [4.69, 9.17) is 0 Å². The van der Waals surface area contributed by atoms with Gasteiger partial charge in [0.15, 0.2) is 0 Å². The number of rotatable bonds is 0. The second-order valence-corrected chi connectivity index (χ2v) is 6.05. The van der Waals surface area contributed by atoms with Crippen molar-refractivity contribution in [2.24, 2.45) is 0 Å². The summed E-state index contributed by atoms with van der Waals surface area (Å²) in [6, 6.07) is 33.9. The predicted molar refractivity (Wildman–Crippen MR) is 112 cm³/mol. The van der Waals surface area contributed by atoms with Crippen molar-refractivity contribution in [2.75, 3.05) is 0 Å². The van der Waals surface area contributed by atoms with Gasteiger partial charge in [-0.05, 0) is 0 Å². The summed E-state index contributed by atoms with van der Waals surface area (Å²) < 4.78 is 0. The summed E-state index contributed by atoms with van der Waals surface area (Å²) in [7, 11) is 0. The van der Waals surface area contributed by atoms with Gasteiger partial charge in [-0.25, -0.2) is 0 Å². The summed E-state index contributed by atoms with van der Waals surface area (Å²) in [5, 5.41) is 8.05. The molecular weight excluding hydrogens is 462 g/mol. The Balaban J connectivity index is 0.000000434. The molecule has 0 nitrogen and oxygen atoms in total. The van der Waals surface area contributed by atoms with Crippen LogP contribution in [-0.4, -0.2) is 0 Å². The van der Waals surface area contributed by atoms with Gasteiger partial charge in [-0.3, -0.25) is 0 Å². The van der Waals surface area contributed by atoms with Gasteiger partial charge >= 0.3 is 26.2 Å². The van der Waals surface area contributed by atoms with E-state index in [1.165, 1.54) is 32.3 Å². The molecule has 0 fully saturated rings. The van der Waals surface area contributed by atoms with Gasteiger partial charge in [-0.2, -0.15) is 31.4 Å². The van der Waals surface area contributed by atoms with E-state index >= 15 is 0 Å². The van der Waals surface area contributed by atoms with Crippen LogP contribution >= 0.6 is 0 Å². The number of hydrogen-bond donors (Lipinski definition) is 0. The van der Waals surface area contributed by atoms with Crippen LogP contribution in [0.15, 0.2) is 97.1 Å². The number of benzene rings is 3. The zero-order chi connectivity index (χ0) is 17.5. The summed E-state index contributed by atoms with van der Waals surface area (Å²) in [4.78, 5) is 0. The predicted octanol–water partition coefficient (Wildman–Crippen LogP) is 1.51. The third-order valence-electron chi connectivity index (χ3n) is 4.07. The Morgan fingerprint density at radius 3 is 1.54 bits per heavy atom. The van der Waals surface area contributed by atoms with Crippen LogP contribution < -0.4 is 24.8 Å². The van der Waals surface area contributed by atoms with Crippen molar-refractivity contribution in [1.82, 2.24) is 0 Å². The Morgan fingerprint density at radius 2 is 1.04 bits per heavy atom. The monoisotopic (exact) mass is 483 g/mol. The number of fused-ring (bicyclic) bond motifs is 4. The van der Waals surface area contributed by atoms with Crippen LogP contribution in [0.5, 0.6) is 0 Å². The Bertz CT molecular complexity index is 979. The molecule has 5 aromatic rings. The van der Waals surface area contributed by atoms with E-state index in [2.05, 4.69) is 97.1 Å². The van der Waals surface area contributed by atoms with Gasteiger partial charge in [-0.15, -0.1) is 69.4 Å². The van der Waals surface area contributed by atoms with Gasteiger partial charge in [0.1, 0.15) is 0 Å². The van der Waals surface area contributed by atoms with E-state index in [9.17, 15) is 0 Å². The largest absolute Gasteiger partial charge is 2.00 e. The quantitative estimate of drug-likeness (QED) is 0.292. The molecule has 0 radical (unpaired) electrons. The summed E-state index contributed by atoms with van der Waals surface area (Å²) in [5.74, 6) is 0. The molecule has 5 rings (SSSR count). The van der Waals surface area contributed by atoms with Gasteiger partial charge in [0.05, 0.1) is 0 Å². The number of halogens is 2. The average molecular weight is 486 g/mol. The second-order valence-electron chi connectivity index (χ2n) is 6.05. The SMILES string of the molecule is C[CH-]C.[Cl-].[Cl-].[Zr+2].c1ccc2[cH-]ccc2c1.c1ccc2c(c1)[cH-]c1ccccc12. The molecule has 0 heterocycles. The molecule has 0 amide bonds. The first-order valence-electron chi connectivity index (χ1n) is 8.71. The third kappa shape index (κ3) is 6.59. The maximum atomic E-state index is 2.24. The van der Waals surface area contributed by atoms with Crippen molar-refractivity contribution >= 4 is 32.3 Å². The van der Waals surface area contributed by atoms with Crippen molar-refractivity contribution in [2.45, 2.75) is 13.8 Å². The van der Waals surface area contributed by atoms with E-state index in [0.29, 0.717) is 0 Å². The fraction of sp³-hybridized carbons (Fsp3) is 0.0800. The Hall–Kier alpha value is -1.40. The molecule has 144 valence electrons. The van der Waals surface area contributed by atoms with Crippen LogP contribution in [0.3, 0.4) is 0 Å². The summed E-state index contributed by atoms with van der Waals surface area (Å²) >= 11 is 0. The zero-order valence-corrected chi connectivity index (χ0v) is 20.0.